The first-order valence-corrected chi connectivity index (χ1v) is 14.2. The monoisotopic (exact) mass is 613 g/mol. The Morgan fingerprint density at radius 3 is 1.53 bits per heavy atom. The number of carboxylic acid groups (broad SMARTS) is 1. The number of ether oxygens (including phenoxy) is 8. The van der Waals surface area contributed by atoms with Crippen molar-refractivity contribution in [2.75, 3.05) is 112 Å². The Hall–Kier alpha value is -3.02. The first-order valence-electron chi connectivity index (χ1n) is 14.2. The highest BCUT2D eigenvalue weighted by molar-refractivity contribution is 5.93. The molecule has 2 aromatic rings. The van der Waals surface area contributed by atoms with Crippen molar-refractivity contribution >= 4 is 22.9 Å². The highest BCUT2D eigenvalue weighted by Gasteiger charge is 2.13. The Morgan fingerprint density at radius 2 is 1.07 bits per heavy atom. The number of benzene rings is 1. The lowest BCUT2D eigenvalue weighted by atomic mass is 10.3. The summed E-state index contributed by atoms with van der Waals surface area (Å²) in [4.78, 5) is 41.4. The molecule has 2 rings (SSSR count). The number of rotatable bonds is 28. The van der Waals surface area contributed by atoms with Crippen molar-refractivity contribution in [3.63, 3.8) is 0 Å². The van der Waals surface area contributed by atoms with E-state index in [0.717, 1.165) is 0 Å². The van der Waals surface area contributed by atoms with Crippen molar-refractivity contribution < 1.29 is 52.6 Å². The van der Waals surface area contributed by atoms with Gasteiger partial charge in [-0.2, -0.15) is 0 Å². The molecule has 0 aliphatic rings. The van der Waals surface area contributed by atoms with Gasteiger partial charge in [-0.05, 0) is 12.1 Å². The predicted octanol–water partition coefficient (Wildman–Crippen LogP) is 0.260. The molecule has 0 aliphatic heterocycles. The van der Waals surface area contributed by atoms with Gasteiger partial charge in [0.25, 0.3) is 11.5 Å². The van der Waals surface area contributed by atoms with E-state index in [1.807, 2.05) is 0 Å². The zero-order chi connectivity index (χ0) is 30.8. The minimum atomic E-state index is -0.882. The minimum Gasteiger partial charge on any atom is -0.481 e. The van der Waals surface area contributed by atoms with Gasteiger partial charge in [-0.25, -0.2) is 4.98 Å². The topological polar surface area (TPSA) is 186 Å². The van der Waals surface area contributed by atoms with Gasteiger partial charge in [-0.15, -0.1) is 0 Å². The van der Waals surface area contributed by atoms with E-state index in [2.05, 4.69) is 15.3 Å². The molecule has 0 unspecified atom stereocenters. The van der Waals surface area contributed by atoms with Crippen LogP contribution in [0, 0.1) is 0 Å². The number of aromatic amines is 1. The minimum absolute atomic E-state index is 0.0113. The van der Waals surface area contributed by atoms with E-state index in [9.17, 15) is 14.4 Å². The van der Waals surface area contributed by atoms with Gasteiger partial charge in [-0.3, -0.25) is 14.4 Å². The number of carbonyl (C=O) groups excluding carboxylic acids is 1. The van der Waals surface area contributed by atoms with Crippen molar-refractivity contribution in [1.82, 2.24) is 15.3 Å². The Balaban J connectivity index is 1.25. The molecule has 0 saturated carbocycles. The van der Waals surface area contributed by atoms with Gasteiger partial charge >= 0.3 is 5.97 Å². The second-order valence-electron chi connectivity index (χ2n) is 8.73. The number of hydrogen-bond donors (Lipinski definition) is 3. The molecule has 43 heavy (non-hydrogen) atoms. The van der Waals surface area contributed by atoms with Crippen molar-refractivity contribution in [2.24, 2.45) is 0 Å². The molecule has 0 bridgehead atoms. The van der Waals surface area contributed by atoms with Crippen LogP contribution in [0.2, 0.25) is 0 Å². The molecule has 0 spiro atoms. The average molecular weight is 614 g/mol. The number of carboxylic acids is 1. The smallest absolute Gasteiger partial charge is 0.305 e. The van der Waals surface area contributed by atoms with Crippen molar-refractivity contribution in [3.8, 4) is 0 Å². The van der Waals surface area contributed by atoms with Crippen molar-refractivity contribution in [2.45, 2.75) is 6.42 Å². The summed E-state index contributed by atoms with van der Waals surface area (Å²) in [5.74, 6) is -1.44. The number of hydrogen-bond acceptors (Lipinski definition) is 12. The van der Waals surface area contributed by atoms with Crippen LogP contribution in [-0.4, -0.2) is 139 Å². The number of para-hydroxylation sites is 2. The molecule has 15 heteroatoms. The summed E-state index contributed by atoms with van der Waals surface area (Å²) >= 11 is 0. The molecule has 15 nitrogen and oxygen atoms in total. The molecule has 0 saturated heterocycles. The number of nitrogens with zero attached hydrogens (tertiary/aromatic N) is 1. The van der Waals surface area contributed by atoms with E-state index >= 15 is 0 Å². The molecule has 1 aromatic carbocycles. The Kier molecular flexibility index (Phi) is 20.5. The average Bonchev–Trinajstić information content (AvgIpc) is 3.00. The van der Waals surface area contributed by atoms with Crippen LogP contribution in [0.3, 0.4) is 0 Å². The largest absolute Gasteiger partial charge is 0.481 e. The maximum Gasteiger partial charge on any atom is 0.305 e. The van der Waals surface area contributed by atoms with Crippen LogP contribution in [0.1, 0.15) is 16.9 Å². The normalized spacial score (nSPS) is 11.3. The summed E-state index contributed by atoms with van der Waals surface area (Å²) in [6.07, 6.45) is -0.0113. The van der Waals surface area contributed by atoms with E-state index in [1.54, 1.807) is 24.3 Å². The van der Waals surface area contributed by atoms with Gasteiger partial charge in [0, 0.05) is 6.54 Å². The van der Waals surface area contributed by atoms with Gasteiger partial charge in [0.2, 0.25) is 0 Å². The lowest BCUT2D eigenvalue weighted by molar-refractivity contribution is -0.138. The van der Waals surface area contributed by atoms with Gasteiger partial charge in [-0.1, -0.05) is 12.1 Å². The fraction of sp³-hybridized carbons (Fsp3) is 0.643. The summed E-state index contributed by atoms with van der Waals surface area (Å²) in [6.45, 7) is 6.64. The van der Waals surface area contributed by atoms with E-state index in [0.29, 0.717) is 104 Å². The Morgan fingerprint density at radius 1 is 0.651 bits per heavy atom. The summed E-state index contributed by atoms with van der Waals surface area (Å²) in [6, 6.07) is 7.00. The lowest BCUT2D eigenvalue weighted by Crippen LogP contribution is -2.33. The van der Waals surface area contributed by atoms with Gasteiger partial charge < -0.3 is 53.3 Å². The van der Waals surface area contributed by atoms with E-state index in [1.165, 1.54) is 0 Å². The van der Waals surface area contributed by atoms with Crippen LogP contribution in [0.5, 0.6) is 0 Å². The van der Waals surface area contributed by atoms with Gasteiger partial charge in [0.1, 0.15) is 0 Å². The molecule has 3 N–H and O–H groups in total. The Labute approximate surface area is 250 Å². The summed E-state index contributed by atoms with van der Waals surface area (Å²) in [5.41, 5.74) is 0.391. The summed E-state index contributed by atoms with van der Waals surface area (Å²) in [5, 5.41) is 11.1. The number of aromatic nitrogens is 2. The van der Waals surface area contributed by atoms with Gasteiger partial charge in [0.05, 0.1) is 123 Å². The number of aliphatic carboxylic acids is 1. The van der Waals surface area contributed by atoms with Crippen LogP contribution >= 0.6 is 0 Å². The third kappa shape index (κ3) is 18.3. The molecule has 1 amide bonds. The van der Waals surface area contributed by atoms with Crippen LogP contribution in [0.4, 0.5) is 0 Å². The maximum atomic E-state index is 12.2. The standard InChI is InChI=1S/C28H43N3O12/c32-25(33)5-7-36-9-11-38-13-15-40-17-19-42-21-22-43-20-18-41-16-14-39-12-10-37-8-6-29-27(34)26-28(35)31-24-4-2-1-3-23(24)30-26/h1-4H,5-22H2,(H,29,34)(H,31,35)(H,32,33). The maximum absolute atomic E-state index is 12.2. The molecule has 1 heterocycles. The fourth-order valence-electron chi connectivity index (χ4n) is 3.30. The second kappa shape index (κ2) is 24.4. The van der Waals surface area contributed by atoms with Crippen LogP contribution in [-0.2, 0) is 42.7 Å². The summed E-state index contributed by atoms with van der Waals surface area (Å²) < 4.78 is 42.9. The van der Waals surface area contributed by atoms with Crippen molar-refractivity contribution in [1.29, 1.82) is 0 Å². The third-order valence-corrected chi connectivity index (χ3v) is 5.41. The number of H-pyrrole nitrogens is 1. The number of fused-ring (bicyclic) bond motifs is 1. The predicted molar refractivity (Wildman–Crippen MR) is 154 cm³/mol. The molecule has 1 aromatic heterocycles. The molecule has 0 fully saturated rings. The SMILES string of the molecule is O=C(O)CCOCCOCCOCCOCCOCCOCCOCCOCCNC(=O)c1nc2ccccc2[nH]c1=O. The van der Waals surface area contributed by atoms with E-state index in [4.69, 9.17) is 43.0 Å². The Bertz CT molecular complexity index is 1080. The van der Waals surface area contributed by atoms with E-state index in [-0.39, 0.29) is 31.9 Å². The zero-order valence-corrected chi connectivity index (χ0v) is 24.4. The first kappa shape index (κ1) is 36.2. The molecular weight excluding hydrogens is 570 g/mol. The number of nitrogens with one attached hydrogen (secondary N) is 2. The molecule has 0 radical (unpaired) electrons. The second-order valence-corrected chi connectivity index (χ2v) is 8.73. The first-order chi connectivity index (χ1) is 21.1. The molecular formula is C28H43N3O12. The summed E-state index contributed by atoms with van der Waals surface area (Å²) in [7, 11) is 0. The third-order valence-electron chi connectivity index (χ3n) is 5.41. The van der Waals surface area contributed by atoms with Crippen LogP contribution in [0.15, 0.2) is 29.1 Å². The van der Waals surface area contributed by atoms with Crippen molar-refractivity contribution in [3.05, 3.63) is 40.3 Å². The quantitative estimate of drug-likeness (QED) is 0.111. The fourth-order valence-corrected chi connectivity index (χ4v) is 3.30. The molecule has 0 atom stereocenters. The van der Waals surface area contributed by atoms with Crippen LogP contribution < -0.4 is 10.9 Å². The highest BCUT2D eigenvalue weighted by Crippen LogP contribution is 2.05. The number of amides is 1. The van der Waals surface area contributed by atoms with Crippen LogP contribution in [0.25, 0.3) is 11.0 Å². The molecule has 242 valence electrons. The lowest BCUT2D eigenvalue weighted by Gasteiger charge is -2.09. The number of carbonyl (C=O) groups is 2. The van der Waals surface area contributed by atoms with Gasteiger partial charge in [0.15, 0.2) is 5.69 Å². The molecule has 0 aliphatic carbocycles. The van der Waals surface area contributed by atoms with E-state index < -0.39 is 17.4 Å². The highest BCUT2D eigenvalue weighted by atomic mass is 16.6. The zero-order valence-electron chi connectivity index (χ0n) is 24.4.